The number of rotatable bonds is 5. The van der Waals surface area contributed by atoms with Crippen LogP contribution in [0.15, 0.2) is 41.2 Å². The first-order chi connectivity index (χ1) is 12.7. The van der Waals surface area contributed by atoms with Gasteiger partial charge in [0.25, 0.3) is 5.89 Å². The minimum Gasteiger partial charge on any atom is -0.355 e. The fourth-order valence-electron chi connectivity index (χ4n) is 3.13. The van der Waals surface area contributed by atoms with Gasteiger partial charge in [-0.15, -0.1) is 0 Å². The molecule has 4 rings (SSSR count). The highest BCUT2D eigenvalue weighted by Crippen LogP contribution is 2.24. The summed E-state index contributed by atoms with van der Waals surface area (Å²) in [5.74, 6) is 1.82. The van der Waals surface area contributed by atoms with Crippen LogP contribution in [0.3, 0.4) is 0 Å². The molecule has 7 nitrogen and oxygen atoms in total. The molecule has 0 radical (unpaired) electrons. The molecular weight excluding hydrogens is 328 g/mol. The van der Waals surface area contributed by atoms with Crippen molar-refractivity contribution in [1.29, 1.82) is 0 Å². The molecule has 0 spiro atoms. The first kappa shape index (κ1) is 16.7. The number of benzene rings is 1. The Kier molecular flexibility index (Phi) is 4.62. The van der Waals surface area contributed by atoms with Gasteiger partial charge >= 0.3 is 0 Å². The molecule has 7 heteroatoms. The predicted molar refractivity (Wildman–Crippen MR) is 99.6 cm³/mol. The van der Waals surface area contributed by atoms with E-state index in [-0.39, 0.29) is 0 Å². The van der Waals surface area contributed by atoms with Crippen LogP contribution in [0.2, 0.25) is 0 Å². The summed E-state index contributed by atoms with van der Waals surface area (Å²) in [4.78, 5) is 17.8. The molecule has 0 aliphatic carbocycles. The molecule has 0 bridgehead atoms. The Morgan fingerprint density at radius 3 is 2.54 bits per heavy atom. The lowest BCUT2D eigenvalue weighted by Gasteiger charge is -2.15. The average Bonchev–Trinajstić information content (AvgIpc) is 3.34. The molecule has 1 aromatic carbocycles. The molecule has 0 unspecified atom stereocenters. The molecule has 0 N–H and O–H groups in total. The number of anilines is 1. The molecule has 3 heterocycles. The monoisotopic (exact) mass is 350 g/mol. The molecule has 1 saturated heterocycles. The minimum atomic E-state index is 0.394. The van der Waals surface area contributed by atoms with E-state index in [1.807, 2.05) is 12.1 Å². The van der Waals surface area contributed by atoms with Gasteiger partial charge in [-0.05, 0) is 32.5 Å². The number of hydrogen-bond donors (Lipinski definition) is 0. The van der Waals surface area contributed by atoms with E-state index < -0.39 is 0 Å². The fraction of sp³-hybridized carbons (Fsp3) is 0.368. The molecule has 2 aromatic heterocycles. The van der Waals surface area contributed by atoms with Crippen molar-refractivity contribution in [1.82, 2.24) is 25.0 Å². The Morgan fingerprint density at radius 2 is 1.81 bits per heavy atom. The molecule has 0 atom stereocenters. The smallest absolute Gasteiger partial charge is 0.278 e. The van der Waals surface area contributed by atoms with E-state index in [4.69, 9.17) is 4.52 Å². The van der Waals surface area contributed by atoms with Crippen LogP contribution in [0.4, 0.5) is 5.82 Å². The highest BCUT2D eigenvalue weighted by Gasteiger charge is 2.17. The second-order valence-corrected chi connectivity index (χ2v) is 6.81. The van der Waals surface area contributed by atoms with Gasteiger partial charge in [-0.25, -0.2) is 4.98 Å². The van der Waals surface area contributed by atoms with Gasteiger partial charge in [-0.3, -0.25) is 4.98 Å². The topological polar surface area (TPSA) is 71.2 Å². The summed E-state index contributed by atoms with van der Waals surface area (Å²) in [5, 5.41) is 4.10. The van der Waals surface area contributed by atoms with Gasteiger partial charge < -0.3 is 14.3 Å². The molecule has 134 valence electrons. The third-order valence-corrected chi connectivity index (χ3v) is 4.41. The van der Waals surface area contributed by atoms with E-state index in [2.05, 4.69) is 56.1 Å². The first-order valence-corrected chi connectivity index (χ1v) is 8.84. The van der Waals surface area contributed by atoms with Crippen LogP contribution in [-0.4, -0.2) is 52.2 Å². The Labute approximate surface area is 152 Å². The lowest BCUT2D eigenvalue weighted by Crippen LogP contribution is -2.19. The third-order valence-electron chi connectivity index (χ3n) is 4.41. The van der Waals surface area contributed by atoms with Crippen LogP contribution >= 0.6 is 0 Å². The molecule has 3 aromatic rings. The average molecular weight is 350 g/mol. The Morgan fingerprint density at radius 1 is 1.04 bits per heavy atom. The second kappa shape index (κ2) is 7.21. The summed E-state index contributed by atoms with van der Waals surface area (Å²) in [5.41, 5.74) is 2.77. The lowest BCUT2D eigenvalue weighted by molar-refractivity contribution is 0.402. The number of hydrogen-bond acceptors (Lipinski definition) is 7. The maximum absolute atomic E-state index is 5.43. The van der Waals surface area contributed by atoms with Gasteiger partial charge in [0, 0.05) is 25.2 Å². The van der Waals surface area contributed by atoms with E-state index in [0.29, 0.717) is 17.4 Å². The zero-order chi connectivity index (χ0) is 17.9. The van der Waals surface area contributed by atoms with Crippen LogP contribution < -0.4 is 4.90 Å². The standard InChI is InChI=1S/C19H22N6O/c1-24(2)13-14-5-7-15(8-6-14)18-22-19(26-23-18)16-11-20-12-17(21-16)25-9-3-4-10-25/h5-8,11-12H,3-4,9-10,13H2,1-2H3. The Balaban J connectivity index is 1.55. The molecule has 1 aliphatic heterocycles. The zero-order valence-corrected chi connectivity index (χ0v) is 15.1. The highest BCUT2D eigenvalue weighted by molar-refractivity contribution is 5.58. The summed E-state index contributed by atoms with van der Waals surface area (Å²) in [6.07, 6.45) is 5.84. The maximum Gasteiger partial charge on any atom is 0.278 e. The van der Waals surface area contributed by atoms with Crippen molar-refractivity contribution in [3.63, 3.8) is 0 Å². The van der Waals surface area contributed by atoms with Crippen LogP contribution in [0.5, 0.6) is 0 Å². The molecule has 0 amide bonds. The van der Waals surface area contributed by atoms with E-state index in [1.165, 1.54) is 18.4 Å². The summed E-state index contributed by atoms with van der Waals surface area (Å²) in [7, 11) is 4.10. The normalized spacial score (nSPS) is 14.3. The van der Waals surface area contributed by atoms with Crippen molar-refractivity contribution in [2.75, 3.05) is 32.1 Å². The van der Waals surface area contributed by atoms with Crippen LogP contribution in [0.25, 0.3) is 23.0 Å². The van der Waals surface area contributed by atoms with Crippen LogP contribution in [0, 0.1) is 0 Å². The zero-order valence-electron chi connectivity index (χ0n) is 15.1. The van der Waals surface area contributed by atoms with Crippen molar-refractivity contribution < 1.29 is 4.52 Å². The van der Waals surface area contributed by atoms with E-state index in [0.717, 1.165) is 31.0 Å². The summed E-state index contributed by atoms with van der Waals surface area (Å²) >= 11 is 0. The maximum atomic E-state index is 5.43. The Bertz CT molecular complexity index is 868. The van der Waals surface area contributed by atoms with Gasteiger partial charge in [0.2, 0.25) is 5.82 Å². The van der Waals surface area contributed by atoms with Gasteiger partial charge in [0.05, 0.1) is 12.4 Å². The van der Waals surface area contributed by atoms with Gasteiger partial charge in [0.1, 0.15) is 11.5 Å². The van der Waals surface area contributed by atoms with Crippen molar-refractivity contribution in [3.05, 3.63) is 42.2 Å². The first-order valence-electron chi connectivity index (χ1n) is 8.84. The minimum absolute atomic E-state index is 0.394. The van der Waals surface area contributed by atoms with Gasteiger partial charge in [0.15, 0.2) is 0 Å². The van der Waals surface area contributed by atoms with E-state index in [9.17, 15) is 0 Å². The fourth-order valence-corrected chi connectivity index (χ4v) is 3.13. The predicted octanol–water partition coefficient (Wildman–Crippen LogP) is 2.86. The molecule has 1 fully saturated rings. The SMILES string of the molecule is CN(C)Cc1ccc(-c2noc(-c3cncc(N4CCCC4)n3)n2)cc1. The van der Waals surface area contributed by atoms with Crippen molar-refractivity contribution in [2.24, 2.45) is 0 Å². The van der Waals surface area contributed by atoms with Gasteiger partial charge in [-0.2, -0.15) is 4.98 Å². The van der Waals surface area contributed by atoms with E-state index in [1.54, 1.807) is 12.4 Å². The molecule has 0 saturated carbocycles. The lowest BCUT2D eigenvalue weighted by atomic mass is 10.1. The summed E-state index contributed by atoms with van der Waals surface area (Å²) in [6.45, 7) is 2.94. The second-order valence-electron chi connectivity index (χ2n) is 6.81. The largest absolute Gasteiger partial charge is 0.355 e. The quantitative estimate of drug-likeness (QED) is 0.700. The third kappa shape index (κ3) is 3.57. The molecule has 26 heavy (non-hydrogen) atoms. The van der Waals surface area contributed by atoms with Crippen molar-refractivity contribution in [3.8, 4) is 23.0 Å². The Hall–Kier alpha value is -2.80. The molecule has 1 aliphatic rings. The van der Waals surface area contributed by atoms with Crippen LogP contribution in [0.1, 0.15) is 18.4 Å². The number of aromatic nitrogens is 4. The number of nitrogens with zero attached hydrogens (tertiary/aromatic N) is 6. The van der Waals surface area contributed by atoms with E-state index >= 15 is 0 Å². The van der Waals surface area contributed by atoms with Crippen LogP contribution in [-0.2, 0) is 6.54 Å². The highest BCUT2D eigenvalue weighted by atomic mass is 16.5. The molecular formula is C19H22N6O. The summed E-state index contributed by atoms with van der Waals surface area (Å²) in [6, 6.07) is 8.19. The van der Waals surface area contributed by atoms with Gasteiger partial charge in [-0.1, -0.05) is 29.4 Å². The van der Waals surface area contributed by atoms with Crippen molar-refractivity contribution >= 4 is 5.82 Å². The summed E-state index contributed by atoms with van der Waals surface area (Å²) < 4.78 is 5.43. The van der Waals surface area contributed by atoms with Crippen molar-refractivity contribution in [2.45, 2.75) is 19.4 Å².